The highest BCUT2D eigenvalue weighted by Crippen LogP contribution is 2.42. The summed E-state index contributed by atoms with van der Waals surface area (Å²) in [5.74, 6) is -0.700. The number of rotatable bonds is 7. The summed E-state index contributed by atoms with van der Waals surface area (Å²) in [5.41, 5.74) is 3.08. The number of hydrogen-bond donors (Lipinski definition) is 0. The standard InChI is InChI=1S/C22H23ClN2O7/c1-3-29-18-8-14(9-19(18)32-25(27)28)22(26)31-20-12(2)24-10-16-17(20)11-30-21(16)13-4-6-15(23)7-5-13/h4-7,10,14,18-19,21H,3,8-9,11H2,1-2H3/t14-,18-,19+,21+/m1/s1. The molecule has 0 N–H and O–H groups in total. The number of esters is 1. The van der Waals surface area contributed by atoms with E-state index in [1.807, 2.05) is 12.1 Å². The second-order valence-corrected chi connectivity index (χ2v) is 8.24. The first-order chi connectivity index (χ1) is 15.4. The maximum atomic E-state index is 13.0. The number of halogens is 1. The third kappa shape index (κ3) is 4.55. The quantitative estimate of drug-likeness (QED) is 0.345. The van der Waals surface area contributed by atoms with E-state index in [1.54, 1.807) is 32.2 Å². The normalized spacial score (nSPS) is 24.2. The van der Waals surface area contributed by atoms with Gasteiger partial charge in [0, 0.05) is 29.0 Å². The zero-order valence-corrected chi connectivity index (χ0v) is 18.4. The average molecular weight is 463 g/mol. The Morgan fingerprint density at radius 3 is 2.69 bits per heavy atom. The highest BCUT2D eigenvalue weighted by Gasteiger charge is 2.42. The van der Waals surface area contributed by atoms with Gasteiger partial charge in [-0.3, -0.25) is 9.78 Å². The lowest BCUT2D eigenvalue weighted by atomic mass is 10.00. The van der Waals surface area contributed by atoms with Crippen LogP contribution < -0.4 is 4.74 Å². The van der Waals surface area contributed by atoms with Gasteiger partial charge in [-0.2, -0.15) is 0 Å². The number of carbonyl (C=O) groups excluding carboxylic acids is 1. The van der Waals surface area contributed by atoms with Crippen molar-refractivity contribution in [3.63, 3.8) is 0 Å². The van der Waals surface area contributed by atoms with Crippen LogP contribution in [0.15, 0.2) is 30.5 Å². The Kier molecular flexibility index (Phi) is 6.59. The molecule has 9 nitrogen and oxygen atoms in total. The first-order valence-electron chi connectivity index (χ1n) is 10.4. The number of fused-ring (bicyclic) bond motifs is 1. The molecular weight excluding hydrogens is 440 g/mol. The average Bonchev–Trinajstić information content (AvgIpc) is 3.35. The molecule has 2 heterocycles. The molecule has 0 spiro atoms. The van der Waals surface area contributed by atoms with E-state index >= 15 is 0 Å². The molecular formula is C22H23ClN2O7. The van der Waals surface area contributed by atoms with Crippen molar-refractivity contribution < 1.29 is 28.9 Å². The number of pyridine rings is 1. The molecule has 2 aromatic rings. The van der Waals surface area contributed by atoms with Gasteiger partial charge < -0.3 is 19.0 Å². The minimum atomic E-state index is -0.850. The Labute approximate surface area is 189 Å². The van der Waals surface area contributed by atoms with E-state index in [-0.39, 0.29) is 25.6 Å². The molecule has 0 saturated heterocycles. The van der Waals surface area contributed by atoms with E-state index in [4.69, 9.17) is 30.6 Å². The van der Waals surface area contributed by atoms with Crippen molar-refractivity contribution in [3.8, 4) is 5.75 Å². The van der Waals surface area contributed by atoms with Crippen molar-refractivity contribution in [2.45, 2.75) is 51.6 Å². The molecule has 4 rings (SSSR count). The van der Waals surface area contributed by atoms with Gasteiger partial charge in [-0.25, -0.2) is 0 Å². The lowest BCUT2D eigenvalue weighted by molar-refractivity contribution is -0.770. The van der Waals surface area contributed by atoms with E-state index in [9.17, 15) is 14.9 Å². The predicted octanol–water partition coefficient (Wildman–Crippen LogP) is 3.96. The third-order valence-electron chi connectivity index (χ3n) is 5.78. The van der Waals surface area contributed by atoms with Crippen molar-refractivity contribution in [3.05, 3.63) is 68.0 Å². The first-order valence-corrected chi connectivity index (χ1v) is 10.7. The second kappa shape index (κ2) is 9.40. The van der Waals surface area contributed by atoms with E-state index in [0.29, 0.717) is 23.1 Å². The monoisotopic (exact) mass is 462 g/mol. The maximum Gasteiger partial charge on any atom is 0.314 e. The first kappa shape index (κ1) is 22.4. The summed E-state index contributed by atoms with van der Waals surface area (Å²) in [6.07, 6.45) is 0.490. The minimum Gasteiger partial charge on any atom is -0.424 e. The van der Waals surface area contributed by atoms with E-state index in [2.05, 4.69) is 4.98 Å². The summed E-state index contributed by atoms with van der Waals surface area (Å²) in [7, 11) is 0. The van der Waals surface area contributed by atoms with Gasteiger partial charge in [0.2, 0.25) is 0 Å². The van der Waals surface area contributed by atoms with E-state index < -0.39 is 29.2 Å². The topological polar surface area (TPSA) is 110 Å². The van der Waals surface area contributed by atoms with Crippen LogP contribution in [0.2, 0.25) is 5.02 Å². The molecule has 0 amide bonds. The molecule has 32 heavy (non-hydrogen) atoms. The highest BCUT2D eigenvalue weighted by molar-refractivity contribution is 6.30. The number of ether oxygens (including phenoxy) is 3. The molecule has 1 fully saturated rings. The van der Waals surface area contributed by atoms with E-state index in [0.717, 1.165) is 16.7 Å². The number of aryl methyl sites for hydroxylation is 1. The Morgan fingerprint density at radius 1 is 1.28 bits per heavy atom. The zero-order chi connectivity index (χ0) is 22.8. The van der Waals surface area contributed by atoms with Gasteiger partial charge in [-0.05, 0) is 44.4 Å². The molecule has 1 aromatic carbocycles. The van der Waals surface area contributed by atoms with Crippen LogP contribution in [0.1, 0.15) is 48.3 Å². The van der Waals surface area contributed by atoms with Gasteiger partial charge in [0.25, 0.3) is 5.09 Å². The lowest BCUT2D eigenvalue weighted by Gasteiger charge is -2.16. The van der Waals surface area contributed by atoms with Crippen LogP contribution in [0.3, 0.4) is 0 Å². The maximum absolute atomic E-state index is 13.0. The van der Waals surface area contributed by atoms with Crippen LogP contribution in [-0.2, 0) is 25.7 Å². The van der Waals surface area contributed by atoms with Crippen LogP contribution in [0.4, 0.5) is 0 Å². The zero-order valence-electron chi connectivity index (χ0n) is 17.7. The molecule has 10 heteroatoms. The summed E-state index contributed by atoms with van der Waals surface area (Å²) in [5, 5.41) is 10.6. The number of carbonyl (C=O) groups is 1. The van der Waals surface area contributed by atoms with Gasteiger partial charge in [0.05, 0.1) is 24.3 Å². The smallest absolute Gasteiger partial charge is 0.314 e. The number of nitrogens with zero attached hydrogens (tertiary/aromatic N) is 2. The van der Waals surface area contributed by atoms with Crippen molar-refractivity contribution in [2.75, 3.05) is 6.61 Å². The molecule has 4 atom stereocenters. The van der Waals surface area contributed by atoms with Crippen molar-refractivity contribution in [1.29, 1.82) is 0 Å². The molecule has 0 radical (unpaired) electrons. The van der Waals surface area contributed by atoms with E-state index in [1.165, 1.54) is 0 Å². The van der Waals surface area contributed by atoms with Gasteiger partial charge in [0.1, 0.15) is 12.2 Å². The molecule has 0 unspecified atom stereocenters. The second-order valence-electron chi connectivity index (χ2n) is 7.80. The Bertz CT molecular complexity index is 1010. The molecule has 170 valence electrons. The van der Waals surface area contributed by atoms with Crippen LogP contribution in [-0.4, -0.2) is 34.9 Å². The lowest BCUT2D eigenvalue weighted by Crippen LogP contribution is -2.28. The molecule has 1 aliphatic carbocycles. The van der Waals surface area contributed by atoms with Crippen molar-refractivity contribution >= 4 is 17.6 Å². The predicted molar refractivity (Wildman–Crippen MR) is 113 cm³/mol. The Balaban J connectivity index is 1.53. The molecule has 0 bridgehead atoms. The third-order valence-corrected chi connectivity index (χ3v) is 6.04. The number of aromatic nitrogens is 1. The van der Waals surface area contributed by atoms with Crippen LogP contribution in [0.5, 0.6) is 5.75 Å². The fraction of sp³-hybridized carbons (Fsp3) is 0.455. The highest BCUT2D eigenvalue weighted by atomic mass is 35.5. The SMILES string of the molecule is CCO[C@@H]1C[C@@H](C(=O)Oc2c(C)ncc3c2CO[C@H]3c2ccc(Cl)cc2)C[C@@H]1O[N+](=O)[O-]. The summed E-state index contributed by atoms with van der Waals surface area (Å²) >= 11 is 5.99. The fourth-order valence-electron chi connectivity index (χ4n) is 4.28. The minimum absolute atomic E-state index is 0.149. The summed E-state index contributed by atoms with van der Waals surface area (Å²) < 4.78 is 17.3. The molecule has 1 saturated carbocycles. The number of hydrogen-bond acceptors (Lipinski definition) is 8. The van der Waals surface area contributed by atoms with Gasteiger partial charge in [-0.1, -0.05) is 23.7 Å². The largest absolute Gasteiger partial charge is 0.424 e. The summed E-state index contributed by atoms with van der Waals surface area (Å²) in [6, 6.07) is 7.35. The Morgan fingerprint density at radius 2 is 2.00 bits per heavy atom. The molecule has 1 aliphatic heterocycles. The number of benzene rings is 1. The van der Waals surface area contributed by atoms with Crippen LogP contribution >= 0.6 is 11.6 Å². The molecule has 1 aromatic heterocycles. The van der Waals surface area contributed by atoms with Gasteiger partial charge >= 0.3 is 5.97 Å². The molecule has 2 aliphatic rings. The van der Waals surface area contributed by atoms with Crippen molar-refractivity contribution in [2.24, 2.45) is 5.92 Å². The van der Waals surface area contributed by atoms with Gasteiger partial charge in [-0.15, -0.1) is 10.1 Å². The fourth-order valence-corrected chi connectivity index (χ4v) is 4.41. The van der Waals surface area contributed by atoms with Crippen LogP contribution in [0.25, 0.3) is 0 Å². The summed E-state index contributed by atoms with van der Waals surface area (Å²) in [6.45, 7) is 4.18. The van der Waals surface area contributed by atoms with Crippen molar-refractivity contribution in [1.82, 2.24) is 4.98 Å². The summed E-state index contributed by atoms with van der Waals surface area (Å²) in [4.78, 5) is 32.9. The van der Waals surface area contributed by atoms with Gasteiger partial charge in [0.15, 0.2) is 5.75 Å². The Hall–Kier alpha value is -2.75. The van der Waals surface area contributed by atoms with Crippen LogP contribution in [0, 0.1) is 23.0 Å².